The van der Waals surface area contributed by atoms with Crippen LogP contribution in [0.1, 0.15) is 18.1 Å². The van der Waals surface area contributed by atoms with E-state index in [1.165, 1.54) is 6.92 Å². The smallest absolute Gasteiger partial charge is 0.302 e. The fourth-order valence-electron chi connectivity index (χ4n) is 1.72. The summed E-state index contributed by atoms with van der Waals surface area (Å²) >= 11 is 0. The number of rotatable bonds is 3. The maximum absolute atomic E-state index is 10.8. The van der Waals surface area contributed by atoms with Crippen molar-refractivity contribution in [3.05, 3.63) is 47.7 Å². The van der Waals surface area contributed by atoms with Crippen molar-refractivity contribution in [2.45, 2.75) is 20.5 Å². The molecule has 0 radical (unpaired) electrons. The van der Waals surface area contributed by atoms with Gasteiger partial charge >= 0.3 is 5.97 Å². The van der Waals surface area contributed by atoms with Gasteiger partial charge in [-0.25, -0.2) is 0 Å². The van der Waals surface area contributed by atoms with Crippen LogP contribution >= 0.6 is 0 Å². The Balaban J connectivity index is 2.30. The molecule has 1 aromatic heterocycles. The number of benzene rings is 1. The molecule has 0 unspecified atom stereocenters. The fraction of sp³-hybridized carbons (Fsp3) is 0.214. The van der Waals surface area contributed by atoms with E-state index >= 15 is 0 Å². The van der Waals surface area contributed by atoms with Gasteiger partial charge in [0.2, 0.25) is 0 Å². The summed E-state index contributed by atoms with van der Waals surface area (Å²) in [6.07, 6.45) is 1.65. The monoisotopic (exact) mass is 230 g/mol. The van der Waals surface area contributed by atoms with Gasteiger partial charge in [-0.3, -0.25) is 4.79 Å². The first-order chi connectivity index (χ1) is 8.18. The van der Waals surface area contributed by atoms with E-state index in [1.807, 2.05) is 37.3 Å². The minimum Gasteiger partial charge on any atom is -0.464 e. The van der Waals surface area contributed by atoms with Crippen LogP contribution in [0.3, 0.4) is 0 Å². The molecule has 0 spiro atoms. The Labute approximate surface area is 100 Å². The average Bonchev–Trinajstić information content (AvgIpc) is 2.81. The Morgan fingerprint density at radius 2 is 2.12 bits per heavy atom. The Bertz CT molecular complexity index is 512. The highest BCUT2D eigenvalue weighted by Gasteiger charge is 2.08. The summed E-state index contributed by atoms with van der Waals surface area (Å²) in [6, 6.07) is 9.64. The van der Waals surface area contributed by atoms with Gasteiger partial charge in [-0.1, -0.05) is 18.2 Å². The topological polar surface area (TPSA) is 39.4 Å². The molecule has 0 aliphatic rings. The van der Waals surface area contributed by atoms with Gasteiger partial charge in [0.1, 0.15) is 12.4 Å². The molecule has 2 aromatic rings. The zero-order valence-corrected chi connectivity index (χ0v) is 9.90. The lowest BCUT2D eigenvalue weighted by Gasteiger charge is -2.09. The highest BCUT2D eigenvalue weighted by Crippen LogP contribution is 2.26. The van der Waals surface area contributed by atoms with Crippen molar-refractivity contribution in [2.75, 3.05) is 0 Å². The minimum atomic E-state index is -0.271. The van der Waals surface area contributed by atoms with Crippen LogP contribution in [-0.2, 0) is 16.1 Å². The summed E-state index contributed by atoms with van der Waals surface area (Å²) in [5, 5.41) is 0. The summed E-state index contributed by atoms with van der Waals surface area (Å²) in [5.74, 6) is 0.556. The number of furan rings is 1. The Kier molecular flexibility index (Phi) is 3.28. The fourth-order valence-corrected chi connectivity index (χ4v) is 1.72. The van der Waals surface area contributed by atoms with Crippen LogP contribution in [0.4, 0.5) is 0 Å². The SMILES string of the molecule is CC(=O)OCc1cccc(-c2ccco2)c1C. The first-order valence-corrected chi connectivity index (χ1v) is 5.44. The number of ether oxygens (including phenoxy) is 1. The lowest BCUT2D eigenvalue weighted by Crippen LogP contribution is -2.01. The van der Waals surface area contributed by atoms with E-state index in [-0.39, 0.29) is 5.97 Å². The van der Waals surface area contributed by atoms with Gasteiger partial charge in [0, 0.05) is 12.5 Å². The normalized spacial score (nSPS) is 10.2. The molecule has 2 rings (SSSR count). The molecule has 17 heavy (non-hydrogen) atoms. The lowest BCUT2D eigenvalue weighted by atomic mass is 10.0. The summed E-state index contributed by atoms with van der Waals surface area (Å²) < 4.78 is 10.4. The van der Waals surface area contributed by atoms with Crippen molar-refractivity contribution in [1.82, 2.24) is 0 Å². The number of carbonyl (C=O) groups excluding carboxylic acids is 1. The third-order valence-corrected chi connectivity index (χ3v) is 2.66. The van der Waals surface area contributed by atoms with E-state index in [0.29, 0.717) is 6.61 Å². The van der Waals surface area contributed by atoms with E-state index < -0.39 is 0 Å². The van der Waals surface area contributed by atoms with Crippen LogP contribution in [0, 0.1) is 6.92 Å². The molecule has 0 saturated heterocycles. The van der Waals surface area contributed by atoms with Crippen LogP contribution in [-0.4, -0.2) is 5.97 Å². The van der Waals surface area contributed by atoms with Crippen molar-refractivity contribution in [3.8, 4) is 11.3 Å². The van der Waals surface area contributed by atoms with Crippen LogP contribution < -0.4 is 0 Å². The molecule has 0 N–H and O–H groups in total. The van der Waals surface area contributed by atoms with E-state index in [2.05, 4.69) is 0 Å². The molecule has 0 atom stereocenters. The summed E-state index contributed by atoms with van der Waals surface area (Å²) in [4.78, 5) is 10.8. The summed E-state index contributed by atoms with van der Waals surface area (Å²) in [5.41, 5.74) is 3.09. The van der Waals surface area contributed by atoms with E-state index in [9.17, 15) is 4.79 Å². The van der Waals surface area contributed by atoms with Gasteiger partial charge in [-0.2, -0.15) is 0 Å². The van der Waals surface area contributed by atoms with Gasteiger partial charge < -0.3 is 9.15 Å². The van der Waals surface area contributed by atoms with Crippen LogP contribution in [0.5, 0.6) is 0 Å². The van der Waals surface area contributed by atoms with Crippen molar-refractivity contribution in [1.29, 1.82) is 0 Å². The van der Waals surface area contributed by atoms with Gasteiger partial charge in [0.25, 0.3) is 0 Å². The van der Waals surface area contributed by atoms with Crippen molar-refractivity contribution in [3.63, 3.8) is 0 Å². The van der Waals surface area contributed by atoms with Gasteiger partial charge in [0.15, 0.2) is 0 Å². The average molecular weight is 230 g/mol. The molecule has 0 aliphatic carbocycles. The maximum atomic E-state index is 10.8. The van der Waals surface area contributed by atoms with Crippen LogP contribution in [0.15, 0.2) is 41.0 Å². The largest absolute Gasteiger partial charge is 0.464 e. The van der Waals surface area contributed by atoms with Crippen molar-refractivity contribution >= 4 is 5.97 Å². The molecule has 3 heteroatoms. The third kappa shape index (κ3) is 2.56. The van der Waals surface area contributed by atoms with E-state index in [0.717, 1.165) is 22.5 Å². The molecule has 0 aliphatic heterocycles. The van der Waals surface area contributed by atoms with E-state index in [1.54, 1.807) is 6.26 Å². The summed E-state index contributed by atoms with van der Waals surface area (Å²) in [7, 11) is 0. The summed E-state index contributed by atoms with van der Waals surface area (Å²) in [6.45, 7) is 3.71. The maximum Gasteiger partial charge on any atom is 0.302 e. The zero-order valence-electron chi connectivity index (χ0n) is 9.90. The molecule has 1 heterocycles. The molecule has 88 valence electrons. The molecular weight excluding hydrogens is 216 g/mol. The second kappa shape index (κ2) is 4.87. The zero-order chi connectivity index (χ0) is 12.3. The Hall–Kier alpha value is -2.03. The van der Waals surface area contributed by atoms with Crippen LogP contribution in [0.25, 0.3) is 11.3 Å². The minimum absolute atomic E-state index is 0.271. The molecular formula is C14H14O3. The van der Waals surface area contributed by atoms with Gasteiger partial charge in [-0.05, 0) is 30.2 Å². The highest BCUT2D eigenvalue weighted by molar-refractivity contribution is 5.66. The number of esters is 1. The quantitative estimate of drug-likeness (QED) is 0.759. The van der Waals surface area contributed by atoms with Gasteiger partial charge in [-0.15, -0.1) is 0 Å². The lowest BCUT2D eigenvalue weighted by molar-refractivity contribution is -0.142. The molecule has 0 saturated carbocycles. The molecule has 0 fully saturated rings. The van der Waals surface area contributed by atoms with E-state index in [4.69, 9.17) is 9.15 Å². The number of hydrogen-bond acceptors (Lipinski definition) is 3. The molecule has 0 bridgehead atoms. The van der Waals surface area contributed by atoms with Crippen LogP contribution in [0.2, 0.25) is 0 Å². The first-order valence-electron chi connectivity index (χ1n) is 5.44. The molecule has 1 aromatic carbocycles. The predicted molar refractivity (Wildman–Crippen MR) is 64.4 cm³/mol. The second-order valence-electron chi connectivity index (χ2n) is 3.85. The first kappa shape index (κ1) is 11.5. The standard InChI is InChI=1S/C14H14O3/c1-10-12(9-17-11(2)15)5-3-6-13(10)14-7-4-8-16-14/h3-8H,9H2,1-2H3. The molecule has 3 nitrogen and oxygen atoms in total. The van der Waals surface area contributed by atoms with Gasteiger partial charge in [0.05, 0.1) is 6.26 Å². The van der Waals surface area contributed by atoms with Crippen molar-refractivity contribution in [2.24, 2.45) is 0 Å². The Morgan fingerprint density at radius 1 is 1.29 bits per heavy atom. The highest BCUT2D eigenvalue weighted by atomic mass is 16.5. The number of carbonyl (C=O) groups is 1. The molecule has 0 amide bonds. The Morgan fingerprint density at radius 3 is 2.76 bits per heavy atom. The predicted octanol–water partition coefficient (Wildman–Crippen LogP) is 3.32. The third-order valence-electron chi connectivity index (χ3n) is 2.66. The second-order valence-corrected chi connectivity index (χ2v) is 3.85. The number of hydrogen-bond donors (Lipinski definition) is 0. The van der Waals surface area contributed by atoms with Crippen molar-refractivity contribution < 1.29 is 13.9 Å².